The molecule has 0 unspecified atom stereocenters. The van der Waals surface area contributed by atoms with Gasteiger partial charge in [-0.3, -0.25) is 4.79 Å². The van der Waals surface area contributed by atoms with Crippen molar-refractivity contribution in [3.63, 3.8) is 0 Å². The van der Waals surface area contributed by atoms with E-state index in [2.05, 4.69) is 10.6 Å². The molecule has 0 atom stereocenters. The lowest BCUT2D eigenvalue weighted by molar-refractivity contribution is -0.114. The highest BCUT2D eigenvalue weighted by Gasteiger charge is 2.07. The van der Waals surface area contributed by atoms with Crippen LogP contribution >= 0.6 is 23.2 Å². The molecule has 0 bridgehead atoms. The number of hydrogen-bond donors (Lipinski definition) is 2. The number of hydrogen-bond acceptors (Lipinski definition) is 3. The first-order valence-corrected chi connectivity index (χ1v) is 7.56. The smallest absolute Gasteiger partial charge is 0.243 e. The number of benzene rings is 2. The Balaban J connectivity index is 1.90. The summed E-state index contributed by atoms with van der Waals surface area (Å²) in [5, 5.41) is 6.66. The summed E-state index contributed by atoms with van der Waals surface area (Å²) < 4.78 is 5.34. The minimum absolute atomic E-state index is 0.0661. The number of anilines is 2. The van der Waals surface area contributed by atoms with Crippen LogP contribution in [0.25, 0.3) is 0 Å². The summed E-state index contributed by atoms with van der Waals surface area (Å²) in [4.78, 5) is 11.9. The predicted molar refractivity (Wildman–Crippen MR) is 91.2 cm³/mol. The maximum Gasteiger partial charge on any atom is 0.243 e. The maximum atomic E-state index is 11.9. The molecular formula is C16H16Cl2N2O2. The monoisotopic (exact) mass is 338 g/mol. The molecular weight excluding hydrogens is 323 g/mol. The molecule has 0 aromatic heterocycles. The number of amides is 1. The first-order chi connectivity index (χ1) is 10.6. The third-order valence-electron chi connectivity index (χ3n) is 2.84. The van der Waals surface area contributed by atoms with E-state index in [9.17, 15) is 4.79 Å². The van der Waals surface area contributed by atoms with E-state index in [-0.39, 0.29) is 12.5 Å². The van der Waals surface area contributed by atoms with E-state index >= 15 is 0 Å². The van der Waals surface area contributed by atoms with E-state index in [1.54, 1.807) is 42.5 Å². The zero-order valence-electron chi connectivity index (χ0n) is 12.0. The largest absolute Gasteiger partial charge is 0.494 e. The van der Waals surface area contributed by atoms with Crippen LogP contribution < -0.4 is 15.4 Å². The van der Waals surface area contributed by atoms with Crippen molar-refractivity contribution in [1.29, 1.82) is 0 Å². The average Bonchev–Trinajstić information content (AvgIpc) is 2.49. The molecule has 0 spiro atoms. The van der Waals surface area contributed by atoms with Crippen molar-refractivity contribution in [2.75, 3.05) is 23.8 Å². The van der Waals surface area contributed by atoms with Crippen LogP contribution in [0.4, 0.5) is 11.4 Å². The summed E-state index contributed by atoms with van der Waals surface area (Å²) >= 11 is 12.1. The second-order valence-electron chi connectivity index (χ2n) is 4.46. The number of halogens is 2. The van der Waals surface area contributed by atoms with Crippen molar-refractivity contribution in [2.24, 2.45) is 0 Å². The highest BCUT2D eigenvalue weighted by atomic mass is 35.5. The number of ether oxygens (including phenoxy) is 1. The quantitative estimate of drug-likeness (QED) is 0.818. The third kappa shape index (κ3) is 4.55. The standard InChI is InChI=1S/C16H16Cl2N2O2/c1-2-22-12-8-6-11(7-9-12)20-15(21)10-19-16-13(17)4-3-5-14(16)18/h3-9,19H,2,10H2,1H3,(H,20,21). The van der Waals surface area contributed by atoms with Gasteiger partial charge in [0.05, 0.1) is 28.9 Å². The van der Waals surface area contributed by atoms with Crippen LogP contribution in [0.3, 0.4) is 0 Å². The van der Waals surface area contributed by atoms with E-state index in [0.717, 1.165) is 5.75 Å². The zero-order chi connectivity index (χ0) is 15.9. The SMILES string of the molecule is CCOc1ccc(NC(=O)CNc2c(Cl)cccc2Cl)cc1. The van der Waals surface area contributed by atoms with Crippen molar-refractivity contribution in [2.45, 2.75) is 6.92 Å². The van der Waals surface area contributed by atoms with Gasteiger partial charge in [-0.1, -0.05) is 29.3 Å². The first kappa shape index (κ1) is 16.5. The number of carbonyl (C=O) groups is 1. The summed E-state index contributed by atoms with van der Waals surface area (Å²) in [5.74, 6) is 0.571. The average molecular weight is 339 g/mol. The lowest BCUT2D eigenvalue weighted by Gasteiger charge is -2.11. The Morgan fingerprint density at radius 1 is 1.09 bits per heavy atom. The van der Waals surface area contributed by atoms with Gasteiger partial charge in [0.15, 0.2) is 0 Å². The van der Waals surface area contributed by atoms with Gasteiger partial charge in [0, 0.05) is 5.69 Å². The second kappa shape index (κ2) is 7.92. The Bertz CT molecular complexity index is 625. The van der Waals surface area contributed by atoms with Gasteiger partial charge in [-0.2, -0.15) is 0 Å². The van der Waals surface area contributed by atoms with Gasteiger partial charge >= 0.3 is 0 Å². The Morgan fingerprint density at radius 3 is 2.32 bits per heavy atom. The van der Waals surface area contributed by atoms with Crippen molar-refractivity contribution >= 4 is 40.5 Å². The topological polar surface area (TPSA) is 50.4 Å². The molecule has 6 heteroatoms. The molecule has 0 aliphatic heterocycles. The summed E-state index contributed by atoms with van der Waals surface area (Å²) in [6, 6.07) is 12.3. The van der Waals surface area contributed by atoms with Gasteiger partial charge in [-0.25, -0.2) is 0 Å². The molecule has 0 saturated heterocycles. The molecule has 116 valence electrons. The summed E-state index contributed by atoms with van der Waals surface area (Å²) in [7, 11) is 0. The van der Waals surface area contributed by atoms with Gasteiger partial charge in [0.2, 0.25) is 5.91 Å². The van der Waals surface area contributed by atoms with Crippen molar-refractivity contribution in [3.8, 4) is 5.75 Å². The third-order valence-corrected chi connectivity index (χ3v) is 3.47. The number of carbonyl (C=O) groups excluding carboxylic acids is 1. The van der Waals surface area contributed by atoms with Crippen molar-refractivity contribution in [3.05, 3.63) is 52.5 Å². The molecule has 4 nitrogen and oxygen atoms in total. The Hall–Kier alpha value is -1.91. The Kier molecular flexibility index (Phi) is 5.92. The van der Waals surface area contributed by atoms with E-state index in [1.165, 1.54) is 0 Å². The fourth-order valence-corrected chi connectivity index (χ4v) is 2.37. The lowest BCUT2D eigenvalue weighted by Crippen LogP contribution is -2.21. The number of para-hydroxylation sites is 1. The minimum atomic E-state index is -0.194. The number of rotatable bonds is 6. The zero-order valence-corrected chi connectivity index (χ0v) is 13.5. The molecule has 0 aliphatic carbocycles. The van der Waals surface area contributed by atoms with Crippen LogP contribution in [0.5, 0.6) is 5.75 Å². The van der Waals surface area contributed by atoms with Crippen LogP contribution in [0.1, 0.15) is 6.92 Å². The van der Waals surface area contributed by atoms with Gasteiger partial charge in [0.1, 0.15) is 5.75 Å². The first-order valence-electron chi connectivity index (χ1n) is 6.80. The van der Waals surface area contributed by atoms with E-state index < -0.39 is 0 Å². The van der Waals surface area contributed by atoms with Gasteiger partial charge < -0.3 is 15.4 Å². The van der Waals surface area contributed by atoms with E-state index in [0.29, 0.717) is 28.0 Å². The normalized spacial score (nSPS) is 10.1. The highest BCUT2D eigenvalue weighted by molar-refractivity contribution is 6.39. The van der Waals surface area contributed by atoms with Crippen LogP contribution in [0.15, 0.2) is 42.5 Å². The van der Waals surface area contributed by atoms with Crippen LogP contribution in [0.2, 0.25) is 10.0 Å². The molecule has 0 fully saturated rings. The Labute approximate surface area is 139 Å². The second-order valence-corrected chi connectivity index (χ2v) is 5.27. The molecule has 2 N–H and O–H groups in total. The molecule has 1 amide bonds. The molecule has 0 heterocycles. The molecule has 0 aliphatic rings. The van der Waals surface area contributed by atoms with E-state index in [1.807, 2.05) is 6.92 Å². The molecule has 2 aromatic rings. The minimum Gasteiger partial charge on any atom is -0.494 e. The maximum absolute atomic E-state index is 11.9. The molecule has 2 rings (SSSR count). The predicted octanol–water partition coefficient (Wildman–Crippen LogP) is 4.44. The summed E-state index contributed by atoms with van der Waals surface area (Å²) in [6.07, 6.45) is 0. The summed E-state index contributed by atoms with van der Waals surface area (Å²) in [6.45, 7) is 2.59. The molecule has 0 radical (unpaired) electrons. The Morgan fingerprint density at radius 2 is 1.73 bits per heavy atom. The molecule has 22 heavy (non-hydrogen) atoms. The van der Waals surface area contributed by atoms with Gasteiger partial charge in [-0.15, -0.1) is 0 Å². The van der Waals surface area contributed by atoms with Crippen molar-refractivity contribution < 1.29 is 9.53 Å². The van der Waals surface area contributed by atoms with Crippen molar-refractivity contribution in [1.82, 2.24) is 0 Å². The van der Waals surface area contributed by atoms with Gasteiger partial charge in [-0.05, 0) is 43.3 Å². The molecule has 0 saturated carbocycles. The molecule has 2 aromatic carbocycles. The van der Waals surface area contributed by atoms with Gasteiger partial charge in [0.25, 0.3) is 0 Å². The van der Waals surface area contributed by atoms with Crippen LogP contribution in [0, 0.1) is 0 Å². The van der Waals surface area contributed by atoms with E-state index in [4.69, 9.17) is 27.9 Å². The lowest BCUT2D eigenvalue weighted by atomic mass is 10.3. The van der Waals surface area contributed by atoms with Crippen LogP contribution in [-0.4, -0.2) is 19.1 Å². The number of nitrogens with one attached hydrogen (secondary N) is 2. The van der Waals surface area contributed by atoms with Crippen LogP contribution in [-0.2, 0) is 4.79 Å². The fraction of sp³-hybridized carbons (Fsp3) is 0.188. The summed E-state index contributed by atoms with van der Waals surface area (Å²) in [5.41, 5.74) is 1.24. The fourth-order valence-electron chi connectivity index (χ4n) is 1.84. The highest BCUT2D eigenvalue weighted by Crippen LogP contribution is 2.29.